The largest absolute Gasteiger partial charge is 0.330 e. The lowest BCUT2D eigenvalue weighted by Crippen LogP contribution is -2.12. The molecule has 5 aromatic carbocycles. The van der Waals surface area contributed by atoms with E-state index in [1.165, 1.54) is 66.1 Å². The number of aryl methyl sites for hydroxylation is 1. The molecule has 228 valence electrons. The second-order valence-corrected chi connectivity index (χ2v) is 13.1. The molecule has 45 heavy (non-hydrogen) atoms. The molecule has 1 heteroatoms. The van der Waals surface area contributed by atoms with E-state index in [4.69, 9.17) is 5.73 Å². The van der Waals surface area contributed by atoms with Crippen LogP contribution in [0, 0.1) is 12.8 Å². The summed E-state index contributed by atoms with van der Waals surface area (Å²) in [6.45, 7) is 19.0. The van der Waals surface area contributed by atoms with Gasteiger partial charge in [0.2, 0.25) is 0 Å². The van der Waals surface area contributed by atoms with Gasteiger partial charge in [0.25, 0.3) is 0 Å². The second kappa shape index (κ2) is 13.7. The normalized spacial score (nSPS) is 13.6. The molecule has 0 heterocycles. The van der Waals surface area contributed by atoms with Crippen molar-refractivity contribution in [3.8, 4) is 22.3 Å². The van der Waals surface area contributed by atoms with Crippen LogP contribution in [0.4, 0.5) is 0 Å². The minimum absolute atomic E-state index is 0.120. The fourth-order valence-corrected chi connectivity index (χ4v) is 6.54. The second-order valence-electron chi connectivity index (χ2n) is 13.1. The summed E-state index contributed by atoms with van der Waals surface area (Å²) in [5.74, 6) is 0.266. The monoisotopic (exact) mass is 589 g/mol. The number of hydrogen-bond donors (Lipinski definition) is 1. The van der Waals surface area contributed by atoms with Crippen LogP contribution in [0.25, 0.3) is 49.9 Å². The van der Waals surface area contributed by atoms with Crippen LogP contribution in [0.15, 0.2) is 128 Å². The smallest absolute Gasteiger partial charge is 0.0135 e. The van der Waals surface area contributed by atoms with Gasteiger partial charge in [-0.1, -0.05) is 142 Å². The van der Waals surface area contributed by atoms with Gasteiger partial charge < -0.3 is 5.73 Å². The van der Waals surface area contributed by atoms with Gasteiger partial charge in [-0.2, -0.15) is 0 Å². The van der Waals surface area contributed by atoms with Gasteiger partial charge in [-0.15, -0.1) is 6.58 Å². The van der Waals surface area contributed by atoms with Gasteiger partial charge in [-0.25, -0.2) is 0 Å². The number of hydrogen-bond acceptors (Lipinski definition) is 1. The summed E-state index contributed by atoms with van der Waals surface area (Å²) in [6.07, 6.45) is 12.6. The molecule has 0 saturated carbocycles. The fraction of sp³-hybridized carbons (Fsp3) is 0.227. The Bertz CT molecular complexity index is 1930. The summed E-state index contributed by atoms with van der Waals surface area (Å²) < 4.78 is 0. The van der Waals surface area contributed by atoms with Gasteiger partial charge >= 0.3 is 0 Å². The van der Waals surface area contributed by atoms with Gasteiger partial charge in [-0.3, -0.25) is 0 Å². The van der Waals surface area contributed by atoms with Crippen molar-refractivity contribution >= 4 is 27.6 Å². The van der Waals surface area contributed by atoms with Crippen LogP contribution in [0.3, 0.4) is 0 Å². The van der Waals surface area contributed by atoms with E-state index >= 15 is 0 Å². The van der Waals surface area contributed by atoms with Crippen LogP contribution in [0.1, 0.15) is 56.4 Å². The maximum atomic E-state index is 5.48. The highest BCUT2D eigenvalue weighted by molar-refractivity contribution is 6.10. The molecule has 1 unspecified atom stereocenters. The summed E-state index contributed by atoms with van der Waals surface area (Å²) in [5.41, 5.74) is 17.7. The maximum absolute atomic E-state index is 5.48. The Balaban J connectivity index is 0.000000348. The number of benzene rings is 5. The van der Waals surface area contributed by atoms with Crippen LogP contribution >= 0.6 is 0 Å². The molecule has 0 saturated heterocycles. The first kappa shape index (κ1) is 31.9. The number of nitrogens with two attached hydrogens (primary N) is 1. The van der Waals surface area contributed by atoms with Crippen molar-refractivity contribution in [2.24, 2.45) is 11.7 Å². The van der Waals surface area contributed by atoms with Crippen molar-refractivity contribution in [3.05, 3.63) is 150 Å². The predicted molar refractivity (Wildman–Crippen MR) is 200 cm³/mol. The zero-order valence-electron chi connectivity index (χ0n) is 27.7. The summed E-state index contributed by atoms with van der Waals surface area (Å²) in [4.78, 5) is 0. The first-order valence-corrected chi connectivity index (χ1v) is 16.2. The molecule has 0 aromatic heterocycles. The molecule has 1 aliphatic rings. The zero-order chi connectivity index (χ0) is 32.1. The summed E-state index contributed by atoms with van der Waals surface area (Å²) >= 11 is 0. The predicted octanol–water partition coefficient (Wildman–Crippen LogP) is 11.8. The van der Waals surface area contributed by atoms with E-state index in [0.717, 1.165) is 18.4 Å². The summed E-state index contributed by atoms with van der Waals surface area (Å²) in [7, 11) is 0. The molecule has 1 nitrogen and oxygen atoms in total. The van der Waals surface area contributed by atoms with Crippen molar-refractivity contribution in [3.63, 3.8) is 0 Å². The molecule has 5 aromatic rings. The average molecular weight is 590 g/mol. The van der Waals surface area contributed by atoms with Gasteiger partial charge in [0, 0.05) is 12.5 Å². The van der Waals surface area contributed by atoms with Gasteiger partial charge in [0.1, 0.15) is 0 Å². The van der Waals surface area contributed by atoms with Crippen molar-refractivity contribution in [1.29, 1.82) is 0 Å². The van der Waals surface area contributed by atoms with E-state index in [1.807, 2.05) is 25.2 Å². The van der Waals surface area contributed by atoms with Crippen LogP contribution in [0.2, 0.25) is 0 Å². The Hall–Kier alpha value is -4.46. The molecular weight excluding hydrogens is 542 g/mol. The number of allylic oxidation sites excluding steroid dienone is 3. The van der Waals surface area contributed by atoms with Crippen molar-refractivity contribution in [2.45, 2.75) is 52.9 Å². The first-order valence-electron chi connectivity index (χ1n) is 16.2. The van der Waals surface area contributed by atoms with Crippen molar-refractivity contribution in [1.82, 2.24) is 0 Å². The Morgan fingerprint density at radius 2 is 1.53 bits per heavy atom. The molecule has 6 rings (SSSR count). The molecule has 0 aliphatic heterocycles. The van der Waals surface area contributed by atoms with Gasteiger partial charge in [0.15, 0.2) is 0 Å². The minimum atomic E-state index is 0.120. The highest BCUT2D eigenvalue weighted by atomic mass is 14.5. The molecule has 1 aliphatic carbocycles. The Morgan fingerprint density at radius 1 is 0.844 bits per heavy atom. The van der Waals surface area contributed by atoms with Crippen molar-refractivity contribution in [2.75, 3.05) is 6.54 Å². The third kappa shape index (κ3) is 6.65. The highest BCUT2D eigenvalue weighted by Gasteiger charge is 2.23. The molecular formula is C44H47N. The molecule has 0 fully saturated rings. The van der Waals surface area contributed by atoms with Crippen LogP contribution in [-0.2, 0) is 11.8 Å². The molecule has 0 amide bonds. The van der Waals surface area contributed by atoms with E-state index in [0.29, 0.717) is 6.54 Å². The van der Waals surface area contributed by atoms with Gasteiger partial charge in [0.05, 0.1) is 0 Å². The third-order valence-corrected chi connectivity index (χ3v) is 9.04. The van der Waals surface area contributed by atoms with Gasteiger partial charge in [-0.05, 0) is 104 Å². The van der Waals surface area contributed by atoms with E-state index < -0.39 is 0 Å². The minimum Gasteiger partial charge on any atom is -0.330 e. The highest BCUT2D eigenvalue weighted by Crippen LogP contribution is 2.45. The molecule has 0 spiro atoms. The topological polar surface area (TPSA) is 26.0 Å². The fourth-order valence-electron chi connectivity index (χ4n) is 6.54. The SMILES string of the molecule is C=C/C(=C\C)C(C=C)CN.Cc1ccc2cc(-c3c4c(c(-c5cccc(C(C)(C)C)c5)c5ccccc35)CCC=C4)ccc2c1. The molecule has 1 atom stereocenters. The van der Waals surface area contributed by atoms with Crippen molar-refractivity contribution < 1.29 is 0 Å². The third-order valence-electron chi connectivity index (χ3n) is 9.04. The number of fused-ring (bicyclic) bond motifs is 3. The summed E-state index contributed by atoms with van der Waals surface area (Å²) in [5, 5.41) is 5.29. The Kier molecular flexibility index (Phi) is 9.71. The quantitative estimate of drug-likeness (QED) is 0.155. The van der Waals surface area contributed by atoms with Crippen LogP contribution < -0.4 is 5.73 Å². The Morgan fingerprint density at radius 3 is 2.18 bits per heavy atom. The Labute approximate surface area is 270 Å². The maximum Gasteiger partial charge on any atom is 0.0135 e. The molecule has 2 N–H and O–H groups in total. The zero-order valence-corrected chi connectivity index (χ0v) is 27.7. The number of rotatable bonds is 6. The summed E-state index contributed by atoms with van der Waals surface area (Å²) in [6, 6.07) is 31.9. The van der Waals surface area contributed by atoms with E-state index in [9.17, 15) is 0 Å². The lowest BCUT2D eigenvalue weighted by Gasteiger charge is -2.25. The molecule has 0 bridgehead atoms. The standard InChI is InChI=1S/C35H32.C9H15N/c1-23-16-17-25-21-27(19-18-24(25)20-23)34-31-14-7-5-12-29(31)33(30-13-6-8-15-32(30)34)26-10-9-11-28(22-26)35(2,3)4;1-4-8(5-2)9(6-3)7-10/h5,7-12,14-22H,6,13H2,1-4H3;4-6,9H,1,3,7,10H2,2H3/b;8-5+. The van der Waals surface area contributed by atoms with E-state index in [-0.39, 0.29) is 11.3 Å². The molecule has 0 radical (unpaired) electrons. The average Bonchev–Trinajstić information content (AvgIpc) is 3.05. The van der Waals surface area contributed by atoms with Crippen LogP contribution in [-0.4, -0.2) is 6.54 Å². The lowest BCUT2D eigenvalue weighted by atomic mass is 9.79. The van der Waals surface area contributed by atoms with E-state index in [1.54, 1.807) is 0 Å². The first-order chi connectivity index (χ1) is 21.7. The lowest BCUT2D eigenvalue weighted by molar-refractivity contribution is 0.590. The van der Waals surface area contributed by atoms with Crippen LogP contribution in [0.5, 0.6) is 0 Å². The van der Waals surface area contributed by atoms with E-state index in [2.05, 4.69) is 138 Å².